The van der Waals surface area contributed by atoms with Crippen LogP contribution in [-0.2, 0) is 10.4 Å². The third kappa shape index (κ3) is 10.2. The third-order valence-corrected chi connectivity index (χ3v) is 4.32. The van der Waals surface area contributed by atoms with Gasteiger partial charge in [0.1, 0.15) is 0 Å². The number of rotatable bonds is 9. The first-order valence-electron chi connectivity index (χ1n) is 8.98. The minimum Gasteiger partial charge on any atom is -0.395 e. The Labute approximate surface area is 171 Å². The molecule has 1 aromatic carbocycles. The molecule has 2 aromatic rings. The molecule has 0 aliphatic rings. The van der Waals surface area contributed by atoms with Crippen molar-refractivity contribution in [2.24, 2.45) is 0 Å². The van der Waals surface area contributed by atoms with Crippen molar-refractivity contribution >= 4 is 38.6 Å². The van der Waals surface area contributed by atoms with Crippen LogP contribution in [0.25, 0.3) is 10.9 Å². The number of halogens is 1. The van der Waals surface area contributed by atoms with Gasteiger partial charge in [0.05, 0.1) is 12.1 Å². The third-order valence-electron chi connectivity index (χ3n) is 4.08. The first-order valence-corrected chi connectivity index (χ1v) is 10.8. The average Bonchev–Trinajstić information content (AvgIpc) is 2.59. The highest BCUT2D eigenvalue weighted by molar-refractivity contribution is 7.79. The molecule has 0 fully saturated rings. The van der Waals surface area contributed by atoms with Crippen LogP contribution >= 0.6 is 11.6 Å². The van der Waals surface area contributed by atoms with Gasteiger partial charge in [-0.25, -0.2) is 0 Å². The van der Waals surface area contributed by atoms with Crippen LogP contribution in [0.2, 0.25) is 5.02 Å². The molecule has 0 spiro atoms. The largest absolute Gasteiger partial charge is 0.395 e. The second-order valence-corrected chi connectivity index (χ2v) is 7.65. The summed E-state index contributed by atoms with van der Waals surface area (Å²) >= 11 is 6.03. The molecule has 0 aliphatic heterocycles. The molecule has 1 heterocycles. The maximum absolute atomic E-state index is 9.02. The zero-order valence-electron chi connectivity index (χ0n) is 16.0. The van der Waals surface area contributed by atoms with Crippen LogP contribution in [-0.4, -0.2) is 64.8 Å². The fourth-order valence-corrected chi connectivity index (χ4v) is 2.94. The van der Waals surface area contributed by atoms with Crippen LogP contribution in [0.5, 0.6) is 0 Å². The SMILES string of the molecule is CCN(CCO)CCC[C@@H](C)Nc1ccnc2cc(Cl)ccc12.O=S(=O)(O)O. The van der Waals surface area contributed by atoms with Crippen molar-refractivity contribution in [1.82, 2.24) is 9.88 Å². The number of hydrogen-bond acceptors (Lipinski definition) is 6. The maximum Gasteiger partial charge on any atom is 0.394 e. The monoisotopic (exact) mass is 433 g/mol. The standard InChI is InChI=1S/C18H26ClN3O.H2O4S/c1-3-22(11-12-23)10-4-5-14(2)21-17-8-9-20-18-13-15(19)6-7-16(17)18;1-5(2,3)4/h6-9,13-14,23H,3-5,10-12H2,1-2H3,(H,20,21);(H2,1,2,3,4)/t14-;/m1./s1. The zero-order valence-corrected chi connectivity index (χ0v) is 17.6. The van der Waals surface area contributed by atoms with E-state index in [4.69, 9.17) is 34.2 Å². The first-order chi connectivity index (χ1) is 13.1. The molecule has 10 heteroatoms. The van der Waals surface area contributed by atoms with Gasteiger partial charge in [-0.1, -0.05) is 18.5 Å². The maximum atomic E-state index is 9.02. The molecule has 0 amide bonds. The molecule has 28 heavy (non-hydrogen) atoms. The lowest BCUT2D eigenvalue weighted by Gasteiger charge is -2.21. The van der Waals surface area contributed by atoms with Gasteiger partial charge < -0.3 is 15.3 Å². The van der Waals surface area contributed by atoms with Gasteiger partial charge in [-0.15, -0.1) is 0 Å². The highest BCUT2D eigenvalue weighted by Crippen LogP contribution is 2.25. The van der Waals surface area contributed by atoms with Gasteiger partial charge in [-0.3, -0.25) is 14.1 Å². The van der Waals surface area contributed by atoms with Gasteiger partial charge in [0.15, 0.2) is 0 Å². The molecule has 1 atom stereocenters. The Kier molecular flexibility index (Phi) is 10.7. The van der Waals surface area contributed by atoms with Gasteiger partial charge in [-0.05, 0) is 57.1 Å². The highest BCUT2D eigenvalue weighted by atomic mass is 35.5. The summed E-state index contributed by atoms with van der Waals surface area (Å²) in [4.78, 5) is 6.65. The molecule has 8 nitrogen and oxygen atoms in total. The van der Waals surface area contributed by atoms with Gasteiger partial charge in [0, 0.05) is 34.9 Å². The van der Waals surface area contributed by atoms with E-state index in [2.05, 4.69) is 29.0 Å². The molecule has 0 bridgehead atoms. The van der Waals surface area contributed by atoms with Crippen LogP contribution in [0.1, 0.15) is 26.7 Å². The molecule has 158 valence electrons. The van der Waals surface area contributed by atoms with Crippen LogP contribution in [0.4, 0.5) is 5.69 Å². The molecular weight excluding hydrogens is 406 g/mol. The smallest absolute Gasteiger partial charge is 0.394 e. The summed E-state index contributed by atoms with van der Waals surface area (Å²) in [6.07, 6.45) is 4.00. The van der Waals surface area contributed by atoms with E-state index in [0.717, 1.165) is 49.1 Å². The van der Waals surface area contributed by atoms with E-state index in [0.29, 0.717) is 11.1 Å². The summed E-state index contributed by atoms with van der Waals surface area (Å²) in [5.74, 6) is 0. The number of anilines is 1. The van der Waals surface area contributed by atoms with Crippen molar-refractivity contribution in [2.45, 2.75) is 32.7 Å². The normalized spacial score (nSPS) is 12.5. The van der Waals surface area contributed by atoms with Gasteiger partial charge in [-0.2, -0.15) is 8.42 Å². The molecule has 2 rings (SSSR count). The number of aromatic nitrogens is 1. The van der Waals surface area contributed by atoms with Gasteiger partial charge in [0.25, 0.3) is 0 Å². The molecule has 0 unspecified atom stereocenters. The van der Waals surface area contributed by atoms with Crippen molar-refractivity contribution < 1.29 is 22.6 Å². The summed E-state index contributed by atoms with van der Waals surface area (Å²) in [5, 5.41) is 14.4. The number of aliphatic hydroxyl groups is 1. The lowest BCUT2D eigenvalue weighted by atomic mass is 10.1. The number of pyridine rings is 1. The lowest BCUT2D eigenvalue weighted by Crippen LogP contribution is -2.28. The molecule has 0 radical (unpaired) electrons. The number of nitrogens with zero attached hydrogens (tertiary/aromatic N) is 2. The fraction of sp³-hybridized carbons (Fsp3) is 0.500. The summed E-state index contributed by atoms with van der Waals surface area (Å²) < 4.78 is 31.6. The Hall–Kier alpha value is -1.49. The predicted octanol–water partition coefficient (Wildman–Crippen LogP) is 3.13. The lowest BCUT2D eigenvalue weighted by molar-refractivity contribution is 0.199. The number of aliphatic hydroxyl groups excluding tert-OH is 1. The van der Waals surface area contributed by atoms with Crippen molar-refractivity contribution in [1.29, 1.82) is 0 Å². The number of fused-ring (bicyclic) bond motifs is 1. The van der Waals surface area contributed by atoms with Crippen molar-refractivity contribution in [3.05, 3.63) is 35.5 Å². The van der Waals surface area contributed by atoms with E-state index in [9.17, 15) is 0 Å². The zero-order chi connectivity index (χ0) is 21.2. The Morgan fingerprint density at radius 2 is 1.93 bits per heavy atom. The van der Waals surface area contributed by atoms with Crippen molar-refractivity contribution in [3.63, 3.8) is 0 Å². The highest BCUT2D eigenvalue weighted by Gasteiger charge is 2.08. The number of hydrogen-bond donors (Lipinski definition) is 4. The van der Waals surface area contributed by atoms with Crippen LogP contribution in [0, 0.1) is 0 Å². The van der Waals surface area contributed by atoms with E-state index in [1.807, 2.05) is 30.5 Å². The predicted molar refractivity (Wildman–Crippen MR) is 112 cm³/mol. The van der Waals surface area contributed by atoms with E-state index in [-0.39, 0.29) is 6.61 Å². The Balaban J connectivity index is 0.000000696. The second-order valence-electron chi connectivity index (χ2n) is 6.31. The topological polar surface area (TPSA) is 123 Å². The molecule has 0 saturated carbocycles. The Morgan fingerprint density at radius 3 is 2.54 bits per heavy atom. The van der Waals surface area contributed by atoms with Crippen molar-refractivity contribution in [3.8, 4) is 0 Å². The van der Waals surface area contributed by atoms with Crippen LogP contribution in [0.15, 0.2) is 30.5 Å². The van der Waals surface area contributed by atoms with Crippen LogP contribution < -0.4 is 5.32 Å². The number of likely N-dealkylation sites (N-methyl/N-ethyl adjacent to an activating group) is 1. The summed E-state index contributed by atoms with van der Waals surface area (Å²) in [5.41, 5.74) is 2.01. The van der Waals surface area contributed by atoms with E-state index < -0.39 is 10.4 Å². The molecule has 0 saturated heterocycles. The van der Waals surface area contributed by atoms with E-state index in [1.54, 1.807) is 0 Å². The molecule has 4 N–H and O–H groups in total. The number of nitrogens with one attached hydrogen (secondary N) is 1. The van der Waals surface area contributed by atoms with Crippen molar-refractivity contribution in [2.75, 3.05) is 31.6 Å². The van der Waals surface area contributed by atoms with Gasteiger partial charge in [0.2, 0.25) is 0 Å². The molecular formula is C18H28ClN3O5S. The fourth-order valence-electron chi connectivity index (χ4n) is 2.78. The Morgan fingerprint density at radius 1 is 1.25 bits per heavy atom. The number of benzene rings is 1. The average molecular weight is 434 g/mol. The second kappa shape index (κ2) is 12.2. The van der Waals surface area contributed by atoms with E-state index in [1.165, 1.54) is 0 Å². The summed E-state index contributed by atoms with van der Waals surface area (Å²) in [7, 11) is -4.67. The van der Waals surface area contributed by atoms with Gasteiger partial charge >= 0.3 is 10.4 Å². The van der Waals surface area contributed by atoms with E-state index >= 15 is 0 Å². The Bertz CT molecular complexity index is 827. The minimum absolute atomic E-state index is 0.229. The molecule has 0 aliphatic carbocycles. The quantitative estimate of drug-likeness (QED) is 0.445. The summed E-state index contributed by atoms with van der Waals surface area (Å²) in [6.45, 7) is 7.32. The minimum atomic E-state index is -4.67. The first kappa shape index (κ1) is 24.5. The molecule has 1 aromatic heterocycles. The summed E-state index contributed by atoms with van der Waals surface area (Å²) in [6, 6.07) is 8.19. The van der Waals surface area contributed by atoms with Crippen LogP contribution in [0.3, 0.4) is 0 Å².